The molecular weight excluding hydrogens is 383 g/mol. The number of nitrogens with zero attached hydrogens (tertiary/aromatic N) is 1. The Hall–Kier alpha value is -3.13. The van der Waals surface area contributed by atoms with Gasteiger partial charge in [-0.05, 0) is 31.2 Å². The van der Waals surface area contributed by atoms with Gasteiger partial charge in [0.25, 0.3) is 5.91 Å². The second-order valence-corrected chi connectivity index (χ2v) is 7.06. The number of hydrogen-bond acceptors (Lipinski definition) is 6. The zero-order valence-corrected chi connectivity index (χ0v) is 16.1. The van der Waals surface area contributed by atoms with Crippen molar-refractivity contribution in [3.8, 4) is 27.8 Å². The molecule has 1 N–H and O–H groups in total. The van der Waals surface area contributed by atoms with Crippen LogP contribution in [0, 0.1) is 12.7 Å². The molecule has 0 spiro atoms. The first-order chi connectivity index (χ1) is 13.6. The molecule has 0 aliphatic carbocycles. The van der Waals surface area contributed by atoms with Gasteiger partial charge in [-0.25, -0.2) is 9.37 Å². The summed E-state index contributed by atoms with van der Waals surface area (Å²) in [5.74, 6) is 0.821. The highest BCUT2D eigenvalue weighted by molar-refractivity contribution is 7.17. The van der Waals surface area contributed by atoms with E-state index in [0.717, 1.165) is 11.3 Å². The Morgan fingerprint density at radius 2 is 2.00 bits per heavy atom. The van der Waals surface area contributed by atoms with E-state index < -0.39 is 5.82 Å². The average Bonchev–Trinajstić information content (AvgIpc) is 3.08. The van der Waals surface area contributed by atoms with E-state index in [0.29, 0.717) is 51.7 Å². The number of anilines is 1. The summed E-state index contributed by atoms with van der Waals surface area (Å²) in [5.41, 5.74) is 1.34. The fourth-order valence-corrected chi connectivity index (χ4v) is 3.92. The van der Waals surface area contributed by atoms with Gasteiger partial charge in [-0.3, -0.25) is 4.79 Å². The van der Waals surface area contributed by atoms with Crippen molar-refractivity contribution in [2.45, 2.75) is 6.92 Å². The number of fused-ring (bicyclic) bond motifs is 1. The van der Waals surface area contributed by atoms with Crippen molar-refractivity contribution >= 4 is 22.9 Å². The van der Waals surface area contributed by atoms with Crippen molar-refractivity contribution in [2.75, 3.05) is 25.6 Å². The summed E-state index contributed by atoms with van der Waals surface area (Å²) >= 11 is 1.11. The minimum Gasteiger partial charge on any atom is -0.496 e. The highest BCUT2D eigenvalue weighted by Gasteiger charge is 2.21. The Morgan fingerprint density at radius 3 is 2.79 bits per heavy atom. The quantitative estimate of drug-likeness (QED) is 0.708. The highest BCUT2D eigenvalue weighted by Crippen LogP contribution is 2.37. The second kappa shape index (κ2) is 7.47. The van der Waals surface area contributed by atoms with Crippen molar-refractivity contribution in [2.24, 2.45) is 0 Å². The number of methoxy groups -OCH3 is 1. The van der Waals surface area contributed by atoms with Crippen LogP contribution in [-0.2, 0) is 0 Å². The summed E-state index contributed by atoms with van der Waals surface area (Å²) in [6, 6.07) is 9.76. The Morgan fingerprint density at radius 1 is 1.21 bits per heavy atom. The molecule has 4 rings (SSSR count). The lowest BCUT2D eigenvalue weighted by Crippen LogP contribution is -2.16. The molecule has 0 fully saturated rings. The number of thiazole rings is 1. The van der Waals surface area contributed by atoms with Gasteiger partial charge >= 0.3 is 0 Å². The predicted octanol–water partition coefficient (Wildman–Crippen LogP) is 4.29. The lowest BCUT2D eigenvalue weighted by atomic mass is 10.2. The first-order valence-corrected chi connectivity index (χ1v) is 9.40. The third kappa shape index (κ3) is 3.38. The molecule has 2 heterocycles. The Kier molecular flexibility index (Phi) is 4.87. The van der Waals surface area contributed by atoms with E-state index in [-0.39, 0.29) is 11.5 Å². The molecule has 1 aliphatic heterocycles. The van der Waals surface area contributed by atoms with Crippen molar-refractivity contribution in [3.05, 3.63) is 52.8 Å². The first-order valence-electron chi connectivity index (χ1n) is 8.58. The molecule has 3 aromatic rings. The van der Waals surface area contributed by atoms with Crippen LogP contribution < -0.4 is 19.5 Å². The van der Waals surface area contributed by atoms with Gasteiger partial charge in [0.2, 0.25) is 0 Å². The summed E-state index contributed by atoms with van der Waals surface area (Å²) in [6.07, 6.45) is 0. The maximum absolute atomic E-state index is 14.3. The zero-order chi connectivity index (χ0) is 19.7. The van der Waals surface area contributed by atoms with Crippen LogP contribution in [0.5, 0.6) is 17.2 Å². The van der Waals surface area contributed by atoms with Crippen LogP contribution in [0.2, 0.25) is 0 Å². The number of ether oxygens (including phenoxy) is 3. The maximum Gasteiger partial charge on any atom is 0.267 e. The van der Waals surface area contributed by atoms with Gasteiger partial charge in [0.15, 0.2) is 11.5 Å². The lowest BCUT2D eigenvalue weighted by Gasteiger charge is -2.18. The third-order valence-electron chi connectivity index (χ3n) is 4.21. The highest BCUT2D eigenvalue weighted by atomic mass is 32.1. The van der Waals surface area contributed by atoms with Gasteiger partial charge in [-0.15, -0.1) is 11.3 Å². The van der Waals surface area contributed by atoms with Gasteiger partial charge in [0.1, 0.15) is 34.7 Å². The molecule has 0 unspecified atom stereocenters. The molecule has 0 saturated carbocycles. The van der Waals surface area contributed by atoms with Gasteiger partial charge in [0.05, 0.1) is 18.4 Å². The van der Waals surface area contributed by atoms with E-state index in [9.17, 15) is 9.18 Å². The SMILES string of the molecule is COc1cccc(F)c1-c1nc(C)c(C(=O)Nc2ccc3c(c2)OCCO3)s1. The van der Waals surface area contributed by atoms with Crippen molar-refractivity contribution in [3.63, 3.8) is 0 Å². The normalized spacial score (nSPS) is 12.5. The van der Waals surface area contributed by atoms with E-state index in [1.807, 2.05) is 0 Å². The largest absolute Gasteiger partial charge is 0.496 e. The Bertz CT molecular complexity index is 1050. The molecule has 0 radical (unpaired) electrons. The minimum atomic E-state index is -0.452. The molecule has 0 atom stereocenters. The van der Waals surface area contributed by atoms with E-state index in [2.05, 4.69) is 10.3 Å². The van der Waals surface area contributed by atoms with Crippen molar-refractivity contribution in [1.29, 1.82) is 0 Å². The van der Waals surface area contributed by atoms with Gasteiger partial charge < -0.3 is 19.5 Å². The lowest BCUT2D eigenvalue weighted by molar-refractivity contribution is 0.102. The molecule has 144 valence electrons. The number of hydrogen-bond donors (Lipinski definition) is 1. The van der Waals surface area contributed by atoms with Crippen molar-refractivity contribution < 1.29 is 23.4 Å². The van der Waals surface area contributed by atoms with Crippen LogP contribution in [0.4, 0.5) is 10.1 Å². The number of aromatic nitrogens is 1. The molecule has 0 saturated heterocycles. The number of benzene rings is 2. The third-order valence-corrected chi connectivity index (χ3v) is 5.39. The number of halogens is 1. The maximum atomic E-state index is 14.3. The van der Waals surface area contributed by atoms with Gasteiger partial charge in [-0.1, -0.05) is 6.07 Å². The second-order valence-electron chi connectivity index (χ2n) is 6.06. The zero-order valence-electron chi connectivity index (χ0n) is 15.2. The van der Waals surface area contributed by atoms with Crippen LogP contribution in [-0.4, -0.2) is 31.2 Å². The summed E-state index contributed by atoms with van der Waals surface area (Å²) < 4.78 is 30.6. The number of nitrogens with one attached hydrogen (secondary N) is 1. The monoisotopic (exact) mass is 400 g/mol. The molecule has 6 nitrogen and oxygen atoms in total. The molecule has 2 aromatic carbocycles. The summed E-state index contributed by atoms with van der Waals surface area (Å²) in [6.45, 7) is 2.68. The van der Waals surface area contributed by atoms with Crippen molar-refractivity contribution in [1.82, 2.24) is 4.98 Å². The van der Waals surface area contributed by atoms with E-state index >= 15 is 0 Å². The molecule has 28 heavy (non-hydrogen) atoms. The van der Waals surface area contributed by atoms with E-state index in [1.54, 1.807) is 37.3 Å². The molecule has 1 amide bonds. The molecule has 1 aromatic heterocycles. The van der Waals surface area contributed by atoms with Crippen LogP contribution in [0.1, 0.15) is 15.4 Å². The van der Waals surface area contributed by atoms with Gasteiger partial charge in [0, 0.05) is 11.8 Å². The first kappa shape index (κ1) is 18.2. The fourth-order valence-electron chi connectivity index (χ4n) is 2.90. The van der Waals surface area contributed by atoms with Crippen LogP contribution in [0.25, 0.3) is 10.6 Å². The summed E-state index contributed by atoms with van der Waals surface area (Å²) in [4.78, 5) is 17.5. The van der Waals surface area contributed by atoms with Crippen LogP contribution >= 0.6 is 11.3 Å². The Labute approximate surface area is 164 Å². The summed E-state index contributed by atoms with van der Waals surface area (Å²) in [7, 11) is 1.47. The molecule has 0 bridgehead atoms. The van der Waals surface area contributed by atoms with Crippen LogP contribution in [0.3, 0.4) is 0 Å². The smallest absolute Gasteiger partial charge is 0.267 e. The molecule has 1 aliphatic rings. The van der Waals surface area contributed by atoms with E-state index in [1.165, 1.54) is 13.2 Å². The predicted molar refractivity (Wildman–Crippen MR) is 104 cm³/mol. The fraction of sp³-hybridized carbons (Fsp3) is 0.200. The number of carbonyl (C=O) groups is 1. The number of carbonyl (C=O) groups excluding carboxylic acids is 1. The number of amides is 1. The topological polar surface area (TPSA) is 69.7 Å². The van der Waals surface area contributed by atoms with Gasteiger partial charge in [-0.2, -0.15) is 0 Å². The minimum absolute atomic E-state index is 0.247. The standard InChI is InChI=1S/C20H17FN2O4S/c1-11-18(28-20(22-11)17-13(21)4-3-5-15(17)25-2)19(24)23-12-6-7-14-16(10-12)27-9-8-26-14/h3-7,10H,8-9H2,1-2H3,(H,23,24). The number of rotatable bonds is 4. The van der Waals surface area contributed by atoms with E-state index in [4.69, 9.17) is 14.2 Å². The molecular formula is C20H17FN2O4S. The summed E-state index contributed by atoms with van der Waals surface area (Å²) in [5, 5.41) is 3.22. The number of aryl methyl sites for hydroxylation is 1. The molecule has 8 heteroatoms. The van der Waals surface area contributed by atoms with Crippen LogP contribution in [0.15, 0.2) is 36.4 Å². The Balaban J connectivity index is 1.61. The average molecular weight is 400 g/mol.